The third kappa shape index (κ3) is 23.4. The molecule has 242 valence electrons. The number of nitrogens with zero attached hydrogens (tertiary/aromatic N) is 2. The number of rotatable bonds is 33. The summed E-state index contributed by atoms with van der Waals surface area (Å²) in [6.07, 6.45) is 48.9. The summed E-state index contributed by atoms with van der Waals surface area (Å²) in [5, 5.41) is 0. The molecule has 0 spiro atoms. The van der Waals surface area contributed by atoms with Crippen molar-refractivity contribution >= 4 is 0 Å². The lowest BCUT2D eigenvalue weighted by Crippen LogP contribution is -2.37. The van der Waals surface area contributed by atoms with Gasteiger partial charge in [0.1, 0.15) is 12.4 Å². The molecular formula is C39H77N2+. The van der Waals surface area contributed by atoms with Gasteiger partial charge < -0.3 is 0 Å². The third-order valence-electron chi connectivity index (χ3n) is 9.35. The van der Waals surface area contributed by atoms with Crippen molar-refractivity contribution < 1.29 is 4.57 Å². The number of unbranched alkanes of at least 4 members (excludes halogenated alkanes) is 27. The second kappa shape index (κ2) is 30.7. The molecule has 1 rings (SSSR count). The number of hydrogen-bond donors (Lipinski definition) is 0. The predicted octanol–water partition coefficient (Wildman–Crippen LogP) is 13.1. The highest BCUT2D eigenvalue weighted by Crippen LogP contribution is 2.15. The Labute approximate surface area is 259 Å². The van der Waals surface area contributed by atoms with Crippen LogP contribution in [0.25, 0.3) is 0 Å². The molecule has 0 aliphatic rings. The second-order valence-electron chi connectivity index (χ2n) is 13.4. The van der Waals surface area contributed by atoms with E-state index in [1.807, 2.05) is 0 Å². The second-order valence-corrected chi connectivity index (χ2v) is 13.4. The Morgan fingerprint density at radius 1 is 0.415 bits per heavy atom. The molecule has 0 aliphatic carbocycles. The SMILES string of the molecule is CCCCCCCCCCCCCCCc1n(CCCCCCCCCCCCCC)cc[n+]1CCCCCCC. The summed E-state index contributed by atoms with van der Waals surface area (Å²) in [5.41, 5.74) is 0. The van der Waals surface area contributed by atoms with E-state index in [9.17, 15) is 0 Å². The van der Waals surface area contributed by atoms with E-state index in [1.54, 1.807) is 5.82 Å². The standard InChI is InChI=1S/C39H77N2/c1-4-7-10-13-15-17-19-21-22-24-26-28-31-34-39-40(35-32-29-12-9-6-3)37-38-41(39)36-33-30-27-25-23-20-18-16-14-11-8-5-2/h37-38H,4-36H2,1-3H3/q+1. The summed E-state index contributed by atoms with van der Waals surface area (Å²) in [6, 6.07) is 0. The van der Waals surface area contributed by atoms with E-state index in [4.69, 9.17) is 0 Å². The van der Waals surface area contributed by atoms with Crippen LogP contribution in [-0.2, 0) is 19.5 Å². The molecule has 0 unspecified atom stereocenters. The van der Waals surface area contributed by atoms with Gasteiger partial charge in [0.15, 0.2) is 0 Å². The molecule has 0 radical (unpaired) electrons. The number of aromatic nitrogens is 2. The normalized spacial score (nSPS) is 11.6. The van der Waals surface area contributed by atoms with Crippen LogP contribution >= 0.6 is 0 Å². The Hall–Kier alpha value is -0.790. The fourth-order valence-corrected chi connectivity index (χ4v) is 6.50. The first-order valence-corrected chi connectivity index (χ1v) is 19.4. The van der Waals surface area contributed by atoms with Gasteiger partial charge in [0, 0.05) is 6.42 Å². The molecule has 0 saturated carbocycles. The molecule has 0 aromatic carbocycles. The highest BCUT2D eigenvalue weighted by molar-refractivity contribution is 4.84. The van der Waals surface area contributed by atoms with Gasteiger partial charge in [-0.1, -0.05) is 181 Å². The summed E-state index contributed by atoms with van der Waals surface area (Å²) in [7, 11) is 0. The summed E-state index contributed by atoms with van der Waals surface area (Å²) in [5.74, 6) is 1.62. The van der Waals surface area contributed by atoms with Gasteiger partial charge in [-0.05, 0) is 32.1 Å². The molecule has 1 heterocycles. The smallest absolute Gasteiger partial charge is 0.234 e. The van der Waals surface area contributed by atoms with E-state index in [-0.39, 0.29) is 0 Å². The molecule has 1 aromatic heterocycles. The monoisotopic (exact) mass is 574 g/mol. The molecule has 0 atom stereocenters. The van der Waals surface area contributed by atoms with Crippen LogP contribution in [0.4, 0.5) is 0 Å². The zero-order chi connectivity index (χ0) is 29.5. The van der Waals surface area contributed by atoms with Crippen molar-refractivity contribution in [3.63, 3.8) is 0 Å². The van der Waals surface area contributed by atoms with Gasteiger partial charge in [-0.3, -0.25) is 0 Å². The van der Waals surface area contributed by atoms with Gasteiger partial charge in [0.25, 0.3) is 5.82 Å². The molecule has 2 heteroatoms. The largest absolute Gasteiger partial charge is 0.256 e. The number of aryl methyl sites for hydroxylation is 2. The Morgan fingerprint density at radius 3 is 1.17 bits per heavy atom. The van der Waals surface area contributed by atoms with Crippen molar-refractivity contribution in [3.8, 4) is 0 Å². The van der Waals surface area contributed by atoms with Crippen LogP contribution in [0.15, 0.2) is 12.4 Å². The van der Waals surface area contributed by atoms with Crippen molar-refractivity contribution in [2.45, 2.75) is 233 Å². The lowest BCUT2D eigenvalue weighted by molar-refractivity contribution is -0.704. The van der Waals surface area contributed by atoms with E-state index in [1.165, 1.54) is 212 Å². The molecule has 0 fully saturated rings. The summed E-state index contributed by atoms with van der Waals surface area (Å²) < 4.78 is 5.25. The Morgan fingerprint density at radius 2 is 0.756 bits per heavy atom. The minimum Gasteiger partial charge on any atom is -0.234 e. The quantitative estimate of drug-likeness (QED) is 0.0584. The van der Waals surface area contributed by atoms with Gasteiger partial charge in [-0.25, -0.2) is 9.13 Å². The summed E-state index contributed by atoms with van der Waals surface area (Å²) >= 11 is 0. The molecule has 0 saturated heterocycles. The Kier molecular flexibility index (Phi) is 28.6. The van der Waals surface area contributed by atoms with Gasteiger partial charge >= 0.3 is 0 Å². The van der Waals surface area contributed by atoms with Gasteiger partial charge in [-0.2, -0.15) is 0 Å². The molecule has 2 nitrogen and oxygen atoms in total. The maximum Gasteiger partial charge on any atom is 0.256 e. The van der Waals surface area contributed by atoms with Crippen LogP contribution in [0, 0.1) is 0 Å². The lowest BCUT2D eigenvalue weighted by Gasteiger charge is -2.07. The zero-order valence-electron chi connectivity index (χ0n) is 28.9. The average Bonchev–Trinajstić information content (AvgIpc) is 3.37. The van der Waals surface area contributed by atoms with Gasteiger partial charge in [0.2, 0.25) is 0 Å². The van der Waals surface area contributed by atoms with E-state index in [0.717, 1.165) is 0 Å². The Bertz CT molecular complexity index is 634. The molecule has 0 bridgehead atoms. The molecule has 0 amide bonds. The lowest BCUT2D eigenvalue weighted by atomic mass is 10.0. The maximum atomic E-state index is 2.63. The highest BCUT2D eigenvalue weighted by Gasteiger charge is 2.16. The molecule has 1 aromatic rings. The van der Waals surface area contributed by atoms with Crippen molar-refractivity contribution in [1.82, 2.24) is 4.57 Å². The van der Waals surface area contributed by atoms with Crippen molar-refractivity contribution in [2.75, 3.05) is 0 Å². The summed E-state index contributed by atoms with van der Waals surface area (Å²) in [6.45, 7) is 9.39. The first-order chi connectivity index (χ1) is 20.3. The van der Waals surface area contributed by atoms with Gasteiger partial charge in [0.05, 0.1) is 13.1 Å². The Balaban J connectivity index is 2.23. The van der Waals surface area contributed by atoms with Crippen molar-refractivity contribution in [3.05, 3.63) is 18.2 Å². The third-order valence-corrected chi connectivity index (χ3v) is 9.35. The van der Waals surface area contributed by atoms with Crippen LogP contribution in [0.3, 0.4) is 0 Å². The topological polar surface area (TPSA) is 8.81 Å². The predicted molar refractivity (Wildman–Crippen MR) is 184 cm³/mol. The number of imidazole rings is 1. The first-order valence-electron chi connectivity index (χ1n) is 19.4. The minimum atomic E-state index is 1.23. The maximum absolute atomic E-state index is 2.63. The van der Waals surface area contributed by atoms with Crippen LogP contribution in [0.5, 0.6) is 0 Å². The van der Waals surface area contributed by atoms with E-state index in [2.05, 4.69) is 42.3 Å². The summed E-state index contributed by atoms with van der Waals surface area (Å²) in [4.78, 5) is 0. The molecule has 41 heavy (non-hydrogen) atoms. The van der Waals surface area contributed by atoms with E-state index >= 15 is 0 Å². The molecule has 0 N–H and O–H groups in total. The fourth-order valence-electron chi connectivity index (χ4n) is 6.50. The van der Waals surface area contributed by atoms with Crippen LogP contribution in [0.2, 0.25) is 0 Å². The first kappa shape index (κ1) is 38.2. The minimum absolute atomic E-state index is 1.23. The highest BCUT2D eigenvalue weighted by atomic mass is 15.1. The van der Waals surface area contributed by atoms with E-state index in [0.29, 0.717) is 0 Å². The van der Waals surface area contributed by atoms with Crippen LogP contribution in [-0.4, -0.2) is 4.57 Å². The number of hydrogen-bond acceptors (Lipinski definition) is 0. The molecular weight excluding hydrogens is 496 g/mol. The van der Waals surface area contributed by atoms with E-state index < -0.39 is 0 Å². The van der Waals surface area contributed by atoms with Crippen molar-refractivity contribution in [1.29, 1.82) is 0 Å². The van der Waals surface area contributed by atoms with Crippen molar-refractivity contribution in [2.24, 2.45) is 0 Å². The average molecular weight is 574 g/mol. The van der Waals surface area contributed by atoms with Crippen LogP contribution in [0.1, 0.15) is 219 Å². The molecule has 0 aliphatic heterocycles. The zero-order valence-corrected chi connectivity index (χ0v) is 28.9. The van der Waals surface area contributed by atoms with Gasteiger partial charge in [-0.15, -0.1) is 0 Å². The fraction of sp³-hybridized carbons (Fsp3) is 0.923. The van der Waals surface area contributed by atoms with Crippen LogP contribution < -0.4 is 4.57 Å².